The molecule has 0 spiro atoms. The average molecular weight is 326 g/mol. The lowest BCUT2D eigenvalue weighted by Crippen LogP contribution is -2.53. The highest BCUT2D eigenvalue weighted by atomic mass is 16.5. The molecule has 1 unspecified atom stereocenters. The largest absolute Gasteiger partial charge is 0.496 e. The molecule has 1 aromatic carbocycles. The molecule has 23 heavy (non-hydrogen) atoms. The van der Waals surface area contributed by atoms with Gasteiger partial charge in [-0.3, -0.25) is 4.79 Å². The van der Waals surface area contributed by atoms with Crippen molar-refractivity contribution in [3.05, 3.63) is 29.3 Å². The molecular weight excluding hydrogens is 304 g/mol. The molecule has 0 saturated carbocycles. The van der Waals surface area contributed by atoms with Crippen molar-refractivity contribution in [2.75, 3.05) is 7.11 Å². The summed E-state index contributed by atoms with van der Waals surface area (Å²) in [6.45, 7) is 3.16. The van der Waals surface area contributed by atoms with E-state index in [4.69, 9.17) is 14.6 Å². The van der Waals surface area contributed by atoms with Crippen LogP contribution in [0.3, 0.4) is 0 Å². The van der Waals surface area contributed by atoms with Gasteiger partial charge in [0.1, 0.15) is 30.2 Å². The number of aliphatic carboxylic acids is 1. The number of hydrogen-bond acceptors (Lipinski definition) is 6. The third-order valence-electron chi connectivity index (χ3n) is 4.29. The Labute approximate surface area is 134 Å². The Balaban J connectivity index is 2.37. The first-order valence-electron chi connectivity index (χ1n) is 7.38. The van der Waals surface area contributed by atoms with Gasteiger partial charge >= 0.3 is 5.97 Å². The standard InChI is InChI=1S/C16H22O7/c1-7(16(20)21)9-4-5-10(11(6-9)22-3)15-14(19)13(18)12(17)8(2)23-15/h4-8,12-15,17-19H,1-3H3,(H,20,21)/t7?,8-,12+,13+,14-,15-/m0/s1. The van der Waals surface area contributed by atoms with Gasteiger partial charge in [0.2, 0.25) is 0 Å². The van der Waals surface area contributed by atoms with E-state index in [2.05, 4.69) is 0 Å². The number of carboxylic acid groups (broad SMARTS) is 1. The number of carbonyl (C=O) groups is 1. The zero-order valence-corrected chi connectivity index (χ0v) is 13.2. The van der Waals surface area contributed by atoms with Crippen molar-refractivity contribution < 1.29 is 34.7 Å². The molecule has 0 amide bonds. The maximum absolute atomic E-state index is 11.1. The van der Waals surface area contributed by atoms with E-state index in [1.54, 1.807) is 32.0 Å². The number of hydrogen-bond donors (Lipinski definition) is 4. The van der Waals surface area contributed by atoms with E-state index in [-0.39, 0.29) is 0 Å². The zero-order chi connectivity index (χ0) is 17.3. The molecule has 4 N–H and O–H groups in total. The van der Waals surface area contributed by atoms with Crippen molar-refractivity contribution in [3.8, 4) is 5.75 Å². The minimum Gasteiger partial charge on any atom is -0.496 e. The van der Waals surface area contributed by atoms with Crippen molar-refractivity contribution in [2.24, 2.45) is 0 Å². The highest BCUT2D eigenvalue weighted by Crippen LogP contribution is 2.38. The van der Waals surface area contributed by atoms with E-state index in [0.29, 0.717) is 16.9 Å². The van der Waals surface area contributed by atoms with Crippen LogP contribution in [-0.2, 0) is 9.53 Å². The van der Waals surface area contributed by atoms with Gasteiger partial charge in [-0.25, -0.2) is 0 Å². The summed E-state index contributed by atoms with van der Waals surface area (Å²) in [4.78, 5) is 11.1. The van der Waals surface area contributed by atoms with Gasteiger partial charge in [-0.15, -0.1) is 0 Å². The van der Waals surface area contributed by atoms with Crippen LogP contribution in [0.1, 0.15) is 37.0 Å². The van der Waals surface area contributed by atoms with Crippen molar-refractivity contribution in [1.82, 2.24) is 0 Å². The molecule has 1 heterocycles. The fourth-order valence-electron chi connectivity index (χ4n) is 2.68. The molecule has 0 aromatic heterocycles. The molecular formula is C16H22O7. The van der Waals surface area contributed by atoms with E-state index in [9.17, 15) is 20.1 Å². The second kappa shape index (κ2) is 6.84. The van der Waals surface area contributed by atoms with Gasteiger partial charge in [0.05, 0.1) is 19.1 Å². The van der Waals surface area contributed by atoms with Crippen LogP contribution in [0.5, 0.6) is 5.75 Å². The number of aliphatic hydroxyl groups is 3. The predicted molar refractivity (Wildman–Crippen MR) is 80.4 cm³/mol. The zero-order valence-electron chi connectivity index (χ0n) is 13.2. The van der Waals surface area contributed by atoms with Gasteiger partial charge in [-0.1, -0.05) is 12.1 Å². The number of ether oxygens (including phenoxy) is 2. The molecule has 6 atom stereocenters. The first-order chi connectivity index (χ1) is 10.8. The monoisotopic (exact) mass is 326 g/mol. The number of rotatable bonds is 4. The molecule has 1 saturated heterocycles. The summed E-state index contributed by atoms with van der Waals surface area (Å²) in [5, 5.41) is 39.0. The quantitative estimate of drug-likeness (QED) is 0.634. The Kier molecular flexibility index (Phi) is 5.26. The second-order valence-corrected chi connectivity index (χ2v) is 5.79. The number of methoxy groups -OCH3 is 1. The fraction of sp³-hybridized carbons (Fsp3) is 0.562. The third kappa shape index (κ3) is 3.32. The van der Waals surface area contributed by atoms with Crippen LogP contribution in [0.2, 0.25) is 0 Å². The Morgan fingerprint density at radius 3 is 2.43 bits per heavy atom. The first kappa shape index (κ1) is 17.7. The van der Waals surface area contributed by atoms with Crippen LogP contribution in [0.4, 0.5) is 0 Å². The van der Waals surface area contributed by atoms with E-state index >= 15 is 0 Å². The van der Waals surface area contributed by atoms with Crippen molar-refractivity contribution in [1.29, 1.82) is 0 Å². The average Bonchev–Trinajstić information content (AvgIpc) is 2.54. The lowest BCUT2D eigenvalue weighted by Gasteiger charge is -2.40. The lowest BCUT2D eigenvalue weighted by molar-refractivity contribution is -0.219. The Hall–Kier alpha value is -1.67. The first-order valence-corrected chi connectivity index (χ1v) is 7.38. The molecule has 1 aliphatic heterocycles. The van der Waals surface area contributed by atoms with Gasteiger partial charge in [0.25, 0.3) is 0 Å². The summed E-state index contributed by atoms with van der Waals surface area (Å²) in [6, 6.07) is 4.81. The summed E-state index contributed by atoms with van der Waals surface area (Å²) < 4.78 is 10.9. The van der Waals surface area contributed by atoms with Crippen LogP contribution in [0.15, 0.2) is 18.2 Å². The van der Waals surface area contributed by atoms with Gasteiger partial charge < -0.3 is 29.9 Å². The Morgan fingerprint density at radius 1 is 1.22 bits per heavy atom. The normalized spacial score (nSPS) is 32.3. The van der Waals surface area contributed by atoms with Crippen LogP contribution in [-0.4, -0.2) is 57.9 Å². The molecule has 0 bridgehead atoms. The smallest absolute Gasteiger partial charge is 0.310 e. The predicted octanol–water partition coefficient (Wildman–Crippen LogP) is 0.426. The third-order valence-corrected chi connectivity index (χ3v) is 4.29. The highest BCUT2D eigenvalue weighted by molar-refractivity contribution is 5.75. The number of benzene rings is 1. The molecule has 2 rings (SSSR count). The Bertz CT molecular complexity index is 574. The fourth-order valence-corrected chi connectivity index (χ4v) is 2.68. The highest BCUT2D eigenvalue weighted by Gasteiger charge is 2.43. The van der Waals surface area contributed by atoms with Crippen molar-refractivity contribution in [3.63, 3.8) is 0 Å². The number of carboxylic acids is 1. The summed E-state index contributed by atoms with van der Waals surface area (Å²) in [5.41, 5.74) is 1.04. The van der Waals surface area contributed by atoms with Crippen LogP contribution < -0.4 is 4.74 Å². The molecule has 7 heteroatoms. The topological polar surface area (TPSA) is 116 Å². The number of aliphatic hydroxyl groups excluding tert-OH is 3. The van der Waals surface area contributed by atoms with E-state index in [0.717, 1.165) is 0 Å². The van der Waals surface area contributed by atoms with Crippen LogP contribution in [0, 0.1) is 0 Å². The lowest BCUT2D eigenvalue weighted by atomic mass is 9.89. The van der Waals surface area contributed by atoms with Crippen molar-refractivity contribution in [2.45, 2.75) is 50.3 Å². The molecule has 1 aliphatic rings. The summed E-state index contributed by atoms with van der Waals surface area (Å²) in [6.07, 6.45) is -5.39. The van der Waals surface area contributed by atoms with Crippen LogP contribution >= 0.6 is 0 Å². The van der Waals surface area contributed by atoms with Gasteiger partial charge in [0, 0.05) is 5.56 Å². The maximum Gasteiger partial charge on any atom is 0.310 e. The van der Waals surface area contributed by atoms with Crippen molar-refractivity contribution >= 4 is 5.97 Å². The maximum atomic E-state index is 11.1. The molecule has 1 fully saturated rings. The van der Waals surface area contributed by atoms with E-state index in [1.165, 1.54) is 7.11 Å². The van der Waals surface area contributed by atoms with Gasteiger partial charge in [-0.2, -0.15) is 0 Å². The van der Waals surface area contributed by atoms with Crippen LogP contribution in [0.25, 0.3) is 0 Å². The summed E-state index contributed by atoms with van der Waals surface area (Å²) in [7, 11) is 1.43. The summed E-state index contributed by atoms with van der Waals surface area (Å²) in [5.74, 6) is -1.31. The minimum absolute atomic E-state index is 0.357. The summed E-state index contributed by atoms with van der Waals surface area (Å²) >= 11 is 0. The molecule has 0 radical (unpaired) electrons. The molecule has 128 valence electrons. The van der Waals surface area contributed by atoms with E-state index < -0.39 is 42.4 Å². The Morgan fingerprint density at radius 2 is 1.87 bits per heavy atom. The van der Waals surface area contributed by atoms with E-state index in [1.807, 2.05) is 0 Å². The van der Waals surface area contributed by atoms with Gasteiger partial charge in [0.15, 0.2) is 0 Å². The molecule has 0 aliphatic carbocycles. The molecule has 1 aromatic rings. The second-order valence-electron chi connectivity index (χ2n) is 5.79. The minimum atomic E-state index is -1.34. The van der Waals surface area contributed by atoms with Gasteiger partial charge in [-0.05, 0) is 25.5 Å². The molecule has 7 nitrogen and oxygen atoms in total. The SMILES string of the molecule is COc1cc(C(C)C(=O)O)ccc1[C@@H]1O[C@@H](C)[C@@H](O)[C@@H](O)[C@@H]1O.